The summed E-state index contributed by atoms with van der Waals surface area (Å²) in [4.78, 5) is 13.1. The standard InChI is InChI=1S/C18H25N3O3/c1-13(17-5-3-14(2)24-17)7-8-20-9-10-21-16(12-20)11-15(19-21)4-6-18(22)23/h3,5,11,13H,4,6-10,12H2,1-2H3,(H,22,23)/t13-/m1/s1. The van der Waals surface area contributed by atoms with Crippen LogP contribution in [0.2, 0.25) is 0 Å². The van der Waals surface area contributed by atoms with Crippen LogP contribution in [-0.4, -0.2) is 38.8 Å². The molecule has 0 aliphatic carbocycles. The number of aliphatic carboxylic acids is 1. The molecule has 0 bridgehead atoms. The highest BCUT2D eigenvalue weighted by molar-refractivity contribution is 5.66. The lowest BCUT2D eigenvalue weighted by Crippen LogP contribution is -2.34. The lowest BCUT2D eigenvalue weighted by molar-refractivity contribution is -0.136. The molecular weight excluding hydrogens is 306 g/mol. The van der Waals surface area contributed by atoms with E-state index in [1.165, 1.54) is 5.69 Å². The quantitative estimate of drug-likeness (QED) is 0.845. The Kier molecular flexibility index (Phi) is 5.04. The maximum atomic E-state index is 10.7. The number of hydrogen-bond acceptors (Lipinski definition) is 4. The van der Waals surface area contributed by atoms with E-state index >= 15 is 0 Å². The largest absolute Gasteiger partial charge is 0.481 e. The number of nitrogens with zero attached hydrogens (tertiary/aromatic N) is 3. The summed E-state index contributed by atoms with van der Waals surface area (Å²) < 4.78 is 7.73. The minimum absolute atomic E-state index is 0.139. The van der Waals surface area contributed by atoms with Gasteiger partial charge in [0.1, 0.15) is 11.5 Å². The molecule has 3 rings (SSSR count). The van der Waals surface area contributed by atoms with Gasteiger partial charge < -0.3 is 9.52 Å². The van der Waals surface area contributed by atoms with Crippen LogP contribution >= 0.6 is 0 Å². The van der Waals surface area contributed by atoms with Crippen molar-refractivity contribution in [3.8, 4) is 0 Å². The van der Waals surface area contributed by atoms with Crippen molar-refractivity contribution in [2.24, 2.45) is 0 Å². The Morgan fingerprint density at radius 2 is 2.25 bits per heavy atom. The zero-order valence-electron chi connectivity index (χ0n) is 14.4. The molecule has 0 amide bonds. The molecule has 1 atom stereocenters. The summed E-state index contributed by atoms with van der Waals surface area (Å²) in [5.74, 6) is 1.67. The molecule has 0 saturated carbocycles. The maximum absolute atomic E-state index is 10.7. The molecule has 1 aliphatic rings. The second-order valence-corrected chi connectivity index (χ2v) is 6.66. The van der Waals surface area contributed by atoms with E-state index in [-0.39, 0.29) is 6.42 Å². The molecule has 1 aliphatic heterocycles. The van der Waals surface area contributed by atoms with Gasteiger partial charge in [-0.2, -0.15) is 5.10 Å². The minimum atomic E-state index is -0.773. The van der Waals surface area contributed by atoms with Gasteiger partial charge in [-0.1, -0.05) is 6.92 Å². The van der Waals surface area contributed by atoms with E-state index in [4.69, 9.17) is 9.52 Å². The van der Waals surface area contributed by atoms with Gasteiger partial charge in [0.05, 0.1) is 24.4 Å². The monoisotopic (exact) mass is 331 g/mol. The highest BCUT2D eigenvalue weighted by atomic mass is 16.4. The molecule has 0 radical (unpaired) electrons. The van der Waals surface area contributed by atoms with E-state index in [9.17, 15) is 4.79 Å². The number of fused-ring (bicyclic) bond motifs is 1. The Labute approximate surface area is 142 Å². The summed E-state index contributed by atoms with van der Waals surface area (Å²) in [7, 11) is 0. The SMILES string of the molecule is Cc1ccc([C@H](C)CCN2CCn3nc(CCC(=O)O)cc3C2)o1. The molecule has 3 heterocycles. The number of aryl methyl sites for hydroxylation is 2. The lowest BCUT2D eigenvalue weighted by Gasteiger charge is -2.28. The van der Waals surface area contributed by atoms with E-state index in [0.29, 0.717) is 12.3 Å². The Hall–Kier alpha value is -2.08. The topological polar surface area (TPSA) is 71.5 Å². The molecule has 130 valence electrons. The van der Waals surface area contributed by atoms with Crippen molar-refractivity contribution in [1.29, 1.82) is 0 Å². The first-order chi connectivity index (χ1) is 11.5. The molecule has 0 fully saturated rings. The molecule has 0 unspecified atom stereocenters. The van der Waals surface area contributed by atoms with Crippen molar-refractivity contribution in [1.82, 2.24) is 14.7 Å². The summed E-state index contributed by atoms with van der Waals surface area (Å²) in [5, 5.41) is 13.3. The highest BCUT2D eigenvalue weighted by Gasteiger charge is 2.20. The van der Waals surface area contributed by atoms with E-state index in [1.54, 1.807) is 0 Å². The maximum Gasteiger partial charge on any atom is 0.303 e. The third-order valence-electron chi connectivity index (χ3n) is 4.65. The van der Waals surface area contributed by atoms with Crippen LogP contribution in [0.1, 0.15) is 48.6 Å². The molecule has 2 aromatic rings. The summed E-state index contributed by atoms with van der Waals surface area (Å²) in [6, 6.07) is 6.14. The number of carboxylic acids is 1. The van der Waals surface area contributed by atoms with E-state index < -0.39 is 5.97 Å². The third-order valence-corrected chi connectivity index (χ3v) is 4.65. The number of furan rings is 1. The van der Waals surface area contributed by atoms with Gasteiger partial charge in [0.15, 0.2) is 0 Å². The smallest absolute Gasteiger partial charge is 0.303 e. The number of carbonyl (C=O) groups is 1. The van der Waals surface area contributed by atoms with Gasteiger partial charge in [0.2, 0.25) is 0 Å². The third kappa shape index (κ3) is 4.06. The lowest BCUT2D eigenvalue weighted by atomic mass is 10.0. The van der Waals surface area contributed by atoms with Gasteiger partial charge >= 0.3 is 5.97 Å². The van der Waals surface area contributed by atoms with Crippen LogP contribution in [-0.2, 0) is 24.3 Å². The van der Waals surface area contributed by atoms with Gasteiger partial charge in [-0.05, 0) is 38.1 Å². The van der Waals surface area contributed by atoms with E-state index in [0.717, 1.165) is 49.8 Å². The van der Waals surface area contributed by atoms with Crippen molar-refractivity contribution in [3.63, 3.8) is 0 Å². The van der Waals surface area contributed by atoms with Crippen LogP contribution in [0.3, 0.4) is 0 Å². The number of hydrogen-bond donors (Lipinski definition) is 1. The summed E-state index contributed by atoms with van der Waals surface area (Å²) in [6.07, 6.45) is 1.71. The molecule has 1 N–H and O–H groups in total. The fraction of sp³-hybridized carbons (Fsp3) is 0.556. The van der Waals surface area contributed by atoms with E-state index in [2.05, 4.69) is 29.1 Å². The molecule has 2 aromatic heterocycles. The molecule has 6 nitrogen and oxygen atoms in total. The van der Waals surface area contributed by atoms with Crippen molar-refractivity contribution >= 4 is 5.97 Å². The average Bonchev–Trinajstić information content (AvgIpc) is 3.15. The Balaban J connectivity index is 1.52. The molecule has 0 saturated heterocycles. The van der Waals surface area contributed by atoms with Crippen molar-refractivity contribution in [2.45, 2.75) is 52.1 Å². The Morgan fingerprint density at radius 1 is 1.42 bits per heavy atom. The molecular formula is C18H25N3O3. The fourth-order valence-electron chi connectivity index (χ4n) is 3.16. The number of aromatic nitrogens is 2. The average molecular weight is 331 g/mol. The first-order valence-corrected chi connectivity index (χ1v) is 8.57. The van der Waals surface area contributed by atoms with Crippen LogP contribution in [0, 0.1) is 6.92 Å². The van der Waals surface area contributed by atoms with Crippen LogP contribution in [0.25, 0.3) is 0 Å². The van der Waals surface area contributed by atoms with Gasteiger partial charge in [-0.25, -0.2) is 0 Å². The first kappa shape index (κ1) is 16.8. The fourth-order valence-corrected chi connectivity index (χ4v) is 3.16. The van der Waals surface area contributed by atoms with E-state index in [1.807, 2.05) is 17.7 Å². The zero-order chi connectivity index (χ0) is 17.1. The first-order valence-electron chi connectivity index (χ1n) is 8.57. The van der Waals surface area contributed by atoms with Crippen molar-refractivity contribution in [2.75, 3.05) is 13.1 Å². The van der Waals surface area contributed by atoms with Crippen LogP contribution in [0.4, 0.5) is 0 Å². The van der Waals surface area contributed by atoms with Gasteiger partial charge in [-0.3, -0.25) is 14.4 Å². The predicted octanol–water partition coefficient (Wildman–Crippen LogP) is 2.81. The van der Waals surface area contributed by atoms with Crippen LogP contribution in [0.15, 0.2) is 22.6 Å². The number of rotatable bonds is 7. The summed E-state index contributed by atoms with van der Waals surface area (Å²) in [5.41, 5.74) is 2.07. The normalized spacial score (nSPS) is 16.1. The molecule has 0 aromatic carbocycles. The second kappa shape index (κ2) is 7.21. The molecule has 0 spiro atoms. The number of carboxylic acid groups (broad SMARTS) is 1. The van der Waals surface area contributed by atoms with Gasteiger partial charge in [-0.15, -0.1) is 0 Å². The van der Waals surface area contributed by atoms with Crippen LogP contribution < -0.4 is 0 Å². The van der Waals surface area contributed by atoms with Gasteiger partial charge in [0, 0.05) is 25.4 Å². The van der Waals surface area contributed by atoms with Gasteiger partial charge in [0.25, 0.3) is 0 Å². The highest BCUT2D eigenvalue weighted by Crippen LogP contribution is 2.23. The minimum Gasteiger partial charge on any atom is -0.481 e. The molecule has 6 heteroatoms. The Bertz CT molecular complexity index is 704. The predicted molar refractivity (Wildman–Crippen MR) is 89.9 cm³/mol. The van der Waals surface area contributed by atoms with Crippen LogP contribution in [0.5, 0.6) is 0 Å². The van der Waals surface area contributed by atoms with Crippen molar-refractivity contribution in [3.05, 3.63) is 41.1 Å². The second-order valence-electron chi connectivity index (χ2n) is 6.66. The molecule has 24 heavy (non-hydrogen) atoms. The Morgan fingerprint density at radius 3 is 2.96 bits per heavy atom. The van der Waals surface area contributed by atoms with Crippen molar-refractivity contribution < 1.29 is 14.3 Å². The summed E-state index contributed by atoms with van der Waals surface area (Å²) in [6.45, 7) is 7.94. The summed E-state index contributed by atoms with van der Waals surface area (Å²) >= 11 is 0. The zero-order valence-corrected chi connectivity index (χ0v) is 14.4.